The molecule has 0 aliphatic carbocycles. The van der Waals surface area contributed by atoms with Crippen molar-refractivity contribution >= 4 is 23.4 Å². The zero-order valence-electron chi connectivity index (χ0n) is 14.7. The van der Waals surface area contributed by atoms with Crippen LogP contribution in [0.1, 0.15) is 29.3 Å². The molecule has 0 radical (unpaired) electrons. The molecule has 0 spiro atoms. The first-order valence-electron chi connectivity index (χ1n) is 8.57. The monoisotopic (exact) mass is 374 g/mol. The third-order valence-corrected chi connectivity index (χ3v) is 4.96. The van der Waals surface area contributed by atoms with Gasteiger partial charge in [-0.3, -0.25) is 9.59 Å². The van der Waals surface area contributed by atoms with E-state index in [0.717, 1.165) is 0 Å². The number of hydrogen-bond acceptors (Lipinski definition) is 2. The summed E-state index contributed by atoms with van der Waals surface area (Å²) in [6.45, 7) is 4.43. The number of carbonyl (C=O) groups is 2. The summed E-state index contributed by atoms with van der Waals surface area (Å²) in [5, 5.41) is 3.21. The molecule has 1 atom stereocenters. The summed E-state index contributed by atoms with van der Waals surface area (Å²) in [5.41, 5.74) is 2.12. The van der Waals surface area contributed by atoms with Gasteiger partial charge in [-0.25, -0.2) is 4.39 Å². The van der Waals surface area contributed by atoms with Crippen LogP contribution in [0.2, 0.25) is 5.02 Å². The molecule has 1 heterocycles. The Labute approximate surface area is 157 Å². The Hall–Kier alpha value is -2.40. The van der Waals surface area contributed by atoms with Crippen LogP contribution >= 0.6 is 11.6 Å². The lowest BCUT2D eigenvalue weighted by Crippen LogP contribution is -2.56. The molecule has 1 aliphatic rings. The average Bonchev–Trinajstić information content (AvgIpc) is 2.64. The van der Waals surface area contributed by atoms with Gasteiger partial charge >= 0.3 is 0 Å². The van der Waals surface area contributed by atoms with Gasteiger partial charge in [0.15, 0.2) is 0 Å². The fourth-order valence-electron chi connectivity index (χ4n) is 3.22. The van der Waals surface area contributed by atoms with E-state index in [1.54, 1.807) is 42.2 Å². The maximum atomic E-state index is 14.0. The standard InChI is InChI=1S/C20H20ClFN2O2/c1-3-18-19(25)23-7-8-24(18)20(26)14-6-4-5-13(10-14)15-11-17(22)12(2)9-16(15)21/h4-6,9-11,18H,3,7-8H2,1-2H3,(H,23,25). The second-order valence-corrected chi connectivity index (χ2v) is 6.78. The average molecular weight is 375 g/mol. The van der Waals surface area contributed by atoms with Gasteiger partial charge in [0.2, 0.25) is 5.91 Å². The van der Waals surface area contributed by atoms with E-state index in [4.69, 9.17) is 11.6 Å². The van der Waals surface area contributed by atoms with Crippen molar-refractivity contribution in [3.05, 3.63) is 58.4 Å². The van der Waals surface area contributed by atoms with E-state index < -0.39 is 6.04 Å². The summed E-state index contributed by atoms with van der Waals surface area (Å²) in [4.78, 5) is 26.5. The number of carbonyl (C=O) groups excluding carboxylic acids is 2. The van der Waals surface area contributed by atoms with Crippen molar-refractivity contribution in [2.24, 2.45) is 0 Å². The van der Waals surface area contributed by atoms with Gasteiger partial charge in [0, 0.05) is 29.2 Å². The molecular weight excluding hydrogens is 355 g/mol. The van der Waals surface area contributed by atoms with Crippen molar-refractivity contribution in [3.63, 3.8) is 0 Å². The quantitative estimate of drug-likeness (QED) is 0.888. The minimum Gasteiger partial charge on any atom is -0.353 e. The maximum Gasteiger partial charge on any atom is 0.254 e. The maximum absolute atomic E-state index is 14.0. The van der Waals surface area contributed by atoms with Crippen LogP contribution < -0.4 is 5.32 Å². The number of aryl methyl sites for hydroxylation is 1. The van der Waals surface area contributed by atoms with Crippen molar-refractivity contribution in [3.8, 4) is 11.1 Å². The van der Waals surface area contributed by atoms with Crippen LogP contribution in [-0.2, 0) is 4.79 Å². The highest BCUT2D eigenvalue weighted by Gasteiger charge is 2.32. The molecule has 3 rings (SSSR count). The first-order chi connectivity index (χ1) is 12.4. The molecule has 1 aliphatic heterocycles. The zero-order chi connectivity index (χ0) is 18.8. The summed E-state index contributed by atoms with van der Waals surface area (Å²) >= 11 is 6.27. The number of nitrogens with one attached hydrogen (secondary N) is 1. The van der Waals surface area contributed by atoms with E-state index in [1.165, 1.54) is 6.07 Å². The first-order valence-corrected chi connectivity index (χ1v) is 8.95. The lowest BCUT2D eigenvalue weighted by atomic mass is 10.00. The first kappa shape index (κ1) is 18.4. The Morgan fingerprint density at radius 3 is 2.85 bits per heavy atom. The Kier molecular flexibility index (Phi) is 5.28. The molecule has 136 valence electrons. The van der Waals surface area contributed by atoms with E-state index in [2.05, 4.69) is 5.32 Å². The van der Waals surface area contributed by atoms with Crippen molar-refractivity contribution in [1.29, 1.82) is 0 Å². The van der Waals surface area contributed by atoms with Crippen molar-refractivity contribution in [1.82, 2.24) is 10.2 Å². The number of rotatable bonds is 3. The number of amides is 2. The number of nitrogens with zero attached hydrogens (tertiary/aromatic N) is 1. The smallest absolute Gasteiger partial charge is 0.254 e. The summed E-state index contributed by atoms with van der Waals surface area (Å²) < 4.78 is 14.0. The van der Waals surface area contributed by atoms with E-state index in [0.29, 0.717) is 46.8 Å². The van der Waals surface area contributed by atoms with Crippen LogP contribution in [0.3, 0.4) is 0 Å². The lowest BCUT2D eigenvalue weighted by Gasteiger charge is -2.34. The van der Waals surface area contributed by atoms with Crippen molar-refractivity contribution in [2.45, 2.75) is 26.3 Å². The van der Waals surface area contributed by atoms with Gasteiger partial charge in [-0.1, -0.05) is 30.7 Å². The van der Waals surface area contributed by atoms with Crippen LogP contribution in [0.15, 0.2) is 36.4 Å². The second-order valence-electron chi connectivity index (χ2n) is 6.38. The fourth-order valence-corrected chi connectivity index (χ4v) is 3.54. The SMILES string of the molecule is CCC1C(=O)NCCN1C(=O)c1cccc(-c2cc(F)c(C)cc2Cl)c1. The molecule has 26 heavy (non-hydrogen) atoms. The highest BCUT2D eigenvalue weighted by Crippen LogP contribution is 2.31. The molecule has 2 amide bonds. The number of benzene rings is 2. The molecule has 2 aromatic carbocycles. The van der Waals surface area contributed by atoms with Crippen LogP contribution in [0, 0.1) is 12.7 Å². The third-order valence-electron chi connectivity index (χ3n) is 4.65. The molecule has 2 aromatic rings. The van der Waals surface area contributed by atoms with E-state index in [9.17, 15) is 14.0 Å². The van der Waals surface area contributed by atoms with Gasteiger partial charge in [0.25, 0.3) is 5.91 Å². The lowest BCUT2D eigenvalue weighted by molar-refractivity contribution is -0.127. The van der Waals surface area contributed by atoms with Gasteiger partial charge in [0.1, 0.15) is 11.9 Å². The Morgan fingerprint density at radius 1 is 1.35 bits per heavy atom. The highest BCUT2D eigenvalue weighted by atomic mass is 35.5. The zero-order valence-corrected chi connectivity index (χ0v) is 15.4. The number of halogens is 2. The predicted molar refractivity (Wildman–Crippen MR) is 99.7 cm³/mol. The van der Waals surface area contributed by atoms with E-state index >= 15 is 0 Å². The largest absolute Gasteiger partial charge is 0.353 e. The summed E-state index contributed by atoms with van der Waals surface area (Å²) in [6, 6.07) is 9.39. The Morgan fingerprint density at radius 2 is 2.12 bits per heavy atom. The Balaban J connectivity index is 1.96. The molecule has 6 heteroatoms. The van der Waals surface area contributed by atoms with Crippen LogP contribution in [-0.4, -0.2) is 35.8 Å². The summed E-state index contributed by atoms with van der Waals surface area (Å²) in [6.07, 6.45) is 0.548. The third kappa shape index (κ3) is 3.44. The normalized spacial score (nSPS) is 17.2. The minimum atomic E-state index is -0.472. The van der Waals surface area contributed by atoms with Gasteiger partial charge in [-0.15, -0.1) is 0 Å². The van der Waals surface area contributed by atoms with Crippen LogP contribution in [0.4, 0.5) is 4.39 Å². The molecule has 1 N–H and O–H groups in total. The van der Waals surface area contributed by atoms with Gasteiger partial charge < -0.3 is 10.2 Å². The fraction of sp³-hybridized carbons (Fsp3) is 0.300. The summed E-state index contributed by atoms with van der Waals surface area (Å²) in [5.74, 6) is -0.691. The molecule has 1 fully saturated rings. The Bertz CT molecular complexity index is 869. The molecule has 1 saturated heterocycles. The molecular formula is C20H20ClFN2O2. The van der Waals surface area contributed by atoms with Gasteiger partial charge in [-0.05, 0) is 48.7 Å². The molecule has 0 saturated carbocycles. The minimum absolute atomic E-state index is 0.132. The highest BCUT2D eigenvalue weighted by molar-refractivity contribution is 6.33. The van der Waals surface area contributed by atoms with Crippen LogP contribution in [0.25, 0.3) is 11.1 Å². The van der Waals surface area contributed by atoms with Gasteiger partial charge in [-0.2, -0.15) is 0 Å². The number of hydrogen-bond donors (Lipinski definition) is 1. The van der Waals surface area contributed by atoms with E-state index in [-0.39, 0.29) is 17.6 Å². The van der Waals surface area contributed by atoms with Gasteiger partial charge in [0.05, 0.1) is 0 Å². The topological polar surface area (TPSA) is 49.4 Å². The molecule has 4 nitrogen and oxygen atoms in total. The van der Waals surface area contributed by atoms with Crippen molar-refractivity contribution < 1.29 is 14.0 Å². The van der Waals surface area contributed by atoms with Crippen LogP contribution in [0.5, 0.6) is 0 Å². The predicted octanol–water partition coefficient (Wildman–Crippen LogP) is 3.81. The molecule has 0 aromatic heterocycles. The summed E-state index contributed by atoms with van der Waals surface area (Å²) in [7, 11) is 0. The molecule has 0 bridgehead atoms. The van der Waals surface area contributed by atoms with Crippen molar-refractivity contribution in [2.75, 3.05) is 13.1 Å². The molecule has 1 unspecified atom stereocenters. The van der Waals surface area contributed by atoms with E-state index in [1.807, 2.05) is 6.92 Å². The second kappa shape index (κ2) is 7.46. The number of piperazine rings is 1.